The number of nitrogen functional groups attached to an aromatic ring is 1. The zero-order valence-electron chi connectivity index (χ0n) is 7.86. The molecule has 0 saturated carbocycles. The second kappa shape index (κ2) is 2.54. The maximum absolute atomic E-state index is 12.7. The minimum absolute atomic E-state index is 0.110. The van der Waals surface area contributed by atoms with Gasteiger partial charge in [-0.2, -0.15) is 4.39 Å². The second-order valence-electron chi connectivity index (χ2n) is 1.69. The third kappa shape index (κ3) is 1.11. The van der Waals surface area contributed by atoms with Gasteiger partial charge in [-0.25, -0.2) is 4.98 Å². The molecule has 0 aliphatic rings. The normalized spacial score (nSPS) is 15.6. The summed E-state index contributed by atoms with van der Waals surface area (Å²) in [5, 5.41) is 0. The molecule has 1 aromatic rings. The number of nitrogens with zero attached hydrogens (tertiary/aromatic N) is 1. The lowest BCUT2D eigenvalue weighted by molar-refractivity contribution is 0.577. The van der Waals surface area contributed by atoms with E-state index in [0.29, 0.717) is 0 Å². The zero-order valence-corrected chi connectivity index (χ0v) is 6.44. The van der Waals surface area contributed by atoms with E-state index in [9.17, 15) is 4.39 Å². The Morgan fingerprint density at radius 3 is 3.20 bits per heavy atom. The smallest absolute Gasteiger partial charge is 0.229 e. The summed E-state index contributed by atoms with van der Waals surface area (Å²) in [6, 6.07) is 0. The summed E-state index contributed by atoms with van der Waals surface area (Å²) in [4.78, 5) is 3.25. The van der Waals surface area contributed by atoms with Crippen molar-refractivity contribution in [3.05, 3.63) is 22.2 Å². The molecule has 0 atom stereocenters. The largest absolute Gasteiger partial charge is 0.397 e. The third-order valence-corrected chi connectivity index (χ3v) is 1.77. The van der Waals surface area contributed by atoms with Crippen LogP contribution < -0.4 is 5.73 Å². The molecule has 0 amide bonds. The molecule has 1 aromatic heterocycles. The van der Waals surface area contributed by atoms with Gasteiger partial charge in [0.25, 0.3) is 0 Å². The lowest BCUT2D eigenvalue weighted by atomic mass is 10.3. The first-order chi connectivity index (χ1) is 5.84. The van der Waals surface area contributed by atoms with Crippen LogP contribution in [0.2, 0.25) is 0 Å². The molecule has 4 heteroatoms. The van der Waals surface area contributed by atoms with E-state index < -0.39 is 12.8 Å². The Hall–Kier alpha value is -0.640. The molecule has 0 unspecified atom stereocenters. The van der Waals surface area contributed by atoms with Gasteiger partial charge in [-0.1, -0.05) is 0 Å². The van der Waals surface area contributed by atoms with Crippen molar-refractivity contribution in [1.82, 2.24) is 4.98 Å². The highest BCUT2D eigenvalue weighted by atomic mass is 79.9. The van der Waals surface area contributed by atoms with Gasteiger partial charge < -0.3 is 5.73 Å². The molecular formula is C6H6BrFN2. The third-order valence-electron chi connectivity index (χ3n) is 1.01. The monoisotopic (exact) mass is 207 g/mol. The number of hydrogen-bond acceptors (Lipinski definition) is 2. The Morgan fingerprint density at radius 2 is 2.60 bits per heavy atom. The van der Waals surface area contributed by atoms with Gasteiger partial charge in [-0.15, -0.1) is 0 Å². The summed E-state index contributed by atoms with van der Waals surface area (Å²) in [5.41, 5.74) is 5.10. The number of nitrogens with two attached hydrogens (primary N) is 1. The van der Waals surface area contributed by atoms with Gasteiger partial charge >= 0.3 is 0 Å². The number of aryl methyl sites for hydroxylation is 1. The van der Waals surface area contributed by atoms with Crippen molar-refractivity contribution in [2.45, 2.75) is 6.85 Å². The van der Waals surface area contributed by atoms with E-state index >= 15 is 0 Å². The molecule has 1 rings (SSSR count). The van der Waals surface area contributed by atoms with Crippen LogP contribution in [0, 0.1) is 12.8 Å². The first-order valence-electron chi connectivity index (χ1n) is 3.94. The van der Waals surface area contributed by atoms with Crippen molar-refractivity contribution in [3.8, 4) is 0 Å². The number of hydrogen-bond donors (Lipinski definition) is 1. The predicted octanol–water partition coefficient (Wildman–Crippen LogP) is 1.87. The summed E-state index contributed by atoms with van der Waals surface area (Å²) < 4.78 is 33.8. The maximum atomic E-state index is 12.7. The number of rotatable bonds is 0. The first-order valence-corrected chi connectivity index (χ1v) is 3.23. The van der Waals surface area contributed by atoms with Crippen LogP contribution in [0.1, 0.15) is 9.68 Å². The average Bonchev–Trinajstić information content (AvgIpc) is 1.98. The maximum Gasteiger partial charge on any atom is 0.229 e. The standard InChI is InChI=1S/C6H6BrFN2/c1-3-2-10-6(8)4(7)5(3)9/h2H,1H3,(H2,9,10)/i1D3. The molecule has 0 aliphatic carbocycles. The average molecular weight is 208 g/mol. The molecule has 2 nitrogen and oxygen atoms in total. The number of aromatic nitrogens is 1. The van der Waals surface area contributed by atoms with E-state index in [0.717, 1.165) is 6.20 Å². The van der Waals surface area contributed by atoms with Gasteiger partial charge in [0, 0.05) is 10.3 Å². The quantitative estimate of drug-likeness (QED) is 0.661. The van der Waals surface area contributed by atoms with E-state index in [4.69, 9.17) is 9.85 Å². The molecule has 0 fully saturated rings. The fourth-order valence-electron chi connectivity index (χ4n) is 0.477. The van der Waals surface area contributed by atoms with Crippen LogP contribution in [-0.4, -0.2) is 4.98 Å². The lowest BCUT2D eigenvalue weighted by Crippen LogP contribution is -1.95. The Morgan fingerprint density at radius 1 is 1.90 bits per heavy atom. The van der Waals surface area contributed by atoms with Crippen molar-refractivity contribution in [2.75, 3.05) is 5.73 Å². The van der Waals surface area contributed by atoms with Crippen molar-refractivity contribution in [1.29, 1.82) is 0 Å². The molecule has 0 aromatic carbocycles. The van der Waals surface area contributed by atoms with Crippen LogP contribution in [0.3, 0.4) is 0 Å². The SMILES string of the molecule is [2H]C([2H])([2H])c1cnc(F)c(Br)c1N. The van der Waals surface area contributed by atoms with Gasteiger partial charge in [0.1, 0.15) is 0 Å². The highest BCUT2D eigenvalue weighted by Crippen LogP contribution is 2.23. The fourth-order valence-corrected chi connectivity index (χ4v) is 0.793. The van der Waals surface area contributed by atoms with E-state index in [2.05, 4.69) is 20.9 Å². The van der Waals surface area contributed by atoms with Crippen molar-refractivity contribution < 1.29 is 8.50 Å². The van der Waals surface area contributed by atoms with E-state index in [1.54, 1.807) is 0 Å². The highest BCUT2D eigenvalue weighted by Gasteiger charge is 2.05. The van der Waals surface area contributed by atoms with Crippen LogP contribution in [0.5, 0.6) is 0 Å². The Balaban J connectivity index is 3.35. The molecule has 10 heavy (non-hydrogen) atoms. The zero-order chi connectivity index (χ0) is 10.2. The summed E-state index contributed by atoms with van der Waals surface area (Å²) in [6.45, 7) is -2.37. The molecule has 54 valence electrons. The van der Waals surface area contributed by atoms with Crippen LogP contribution >= 0.6 is 15.9 Å². The Kier molecular flexibility index (Phi) is 1.09. The van der Waals surface area contributed by atoms with Gasteiger partial charge in [0.15, 0.2) is 0 Å². The molecule has 0 radical (unpaired) electrons. The molecule has 1 heterocycles. The van der Waals surface area contributed by atoms with Crippen molar-refractivity contribution in [2.24, 2.45) is 0 Å². The van der Waals surface area contributed by atoms with Crippen LogP contribution in [0.4, 0.5) is 10.1 Å². The minimum Gasteiger partial charge on any atom is -0.397 e. The summed E-state index contributed by atoms with van der Waals surface area (Å²) >= 11 is 2.81. The predicted molar refractivity (Wildman–Crippen MR) is 41.0 cm³/mol. The van der Waals surface area contributed by atoms with E-state index in [1.165, 1.54) is 0 Å². The van der Waals surface area contributed by atoms with Crippen molar-refractivity contribution >= 4 is 21.6 Å². The highest BCUT2D eigenvalue weighted by molar-refractivity contribution is 9.10. The Bertz CT molecular complexity index is 339. The van der Waals surface area contributed by atoms with Gasteiger partial charge in [0.05, 0.1) is 10.2 Å². The molecule has 0 aliphatic heterocycles. The number of pyridine rings is 1. The van der Waals surface area contributed by atoms with Crippen molar-refractivity contribution in [3.63, 3.8) is 0 Å². The van der Waals surface area contributed by atoms with Gasteiger partial charge in [-0.3, -0.25) is 0 Å². The molecule has 0 saturated heterocycles. The van der Waals surface area contributed by atoms with E-state index in [1.807, 2.05) is 0 Å². The number of halogens is 2. The topological polar surface area (TPSA) is 38.9 Å². The number of anilines is 1. The first kappa shape index (κ1) is 4.28. The Labute approximate surface area is 70.6 Å². The molecule has 0 spiro atoms. The lowest BCUT2D eigenvalue weighted by Gasteiger charge is -2.00. The van der Waals surface area contributed by atoms with Crippen LogP contribution in [0.25, 0.3) is 0 Å². The minimum atomic E-state index is -2.37. The summed E-state index contributed by atoms with van der Waals surface area (Å²) in [6.07, 6.45) is 0.919. The molecular weight excluding hydrogens is 199 g/mol. The molecule has 0 bridgehead atoms. The van der Waals surface area contributed by atoms with Gasteiger partial charge in [0.2, 0.25) is 5.95 Å². The van der Waals surface area contributed by atoms with Gasteiger partial charge in [-0.05, 0) is 28.3 Å². The van der Waals surface area contributed by atoms with Crippen LogP contribution in [-0.2, 0) is 0 Å². The fraction of sp³-hybridized carbons (Fsp3) is 0.167. The second-order valence-corrected chi connectivity index (χ2v) is 2.48. The summed E-state index contributed by atoms with van der Waals surface area (Å²) in [5.74, 6) is -0.814. The van der Waals surface area contributed by atoms with Crippen LogP contribution in [0.15, 0.2) is 10.7 Å². The summed E-state index contributed by atoms with van der Waals surface area (Å²) in [7, 11) is 0. The molecule has 2 N–H and O–H groups in total. The van der Waals surface area contributed by atoms with E-state index in [-0.39, 0.29) is 15.7 Å².